The molecule has 2 aliphatic heterocycles. The van der Waals surface area contributed by atoms with Crippen LogP contribution in [0.2, 0.25) is 5.82 Å². The van der Waals surface area contributed by atoms with Gasteiger partial charge in [0.25, 0.3) is 0 Å². The zero-order chi connectivity index (χ0) is 19.0. The molecule has 3 aliphatic rings. The summed E-state index contributed by atoms with van der Waals surface area (Å²) >= 11 is 0. The molecule has 1 aromatic carbocycles. The molecule has 3 fully saturated rings. The summed E-state index contributed by atoms with van der Waals surface area (Å²) < 4.78 is 0. The van der Waals surface area contributed by atoms with Gasteiger partial charge in [-0.05, 0) is 73.2 Å². The minimum Gasteiger partial charge on any atom is -0.342 e. The molecule has 2 saturated heterocycles. The van der Waals surface area contributed by atoms with Gasteiger partial charge in [0.1, 0.15) is 6.29 Å². The Morgan fingerprint density at radius 2 is 2.11 bits per heavy atom. The Kier molecular flexibility index (Phi) is 5.40. The maximum atomic E-state index is 12.4. The quantitative estimate of drug-likeness (QED) is 0.624. The highest BCUT2D eigenvalue weighted by Crippen LogP contribution is 2.56. The summed E-state index contributed by atoms with van der Waals surface area (Å²) in [6, 6.07) is 6.25. The average molecular weight is 364 g/mol. The van der Waals surface area contributed by atoms with Crippen LogP contribution < -0.4 is 5.32 Å². The lowest BCUT2D eigenvalue weighted by molar-refractivity contribution is -0.138. The number of carbonyl (C=O) groups is 2. The number of benzene rings is 1. The zero-order valence-corrected chi connectivity index (χ0v) is 16.2. The predicted molar refractivity (Wildman–Crippen MR) is 107 cm³/mol. The van der Waals surface area contributed by atoms with Crippen molar-refractivity contribution < 1.29 is 9.59 Å². The van der Waals surface area contributed by atoms with Crippen LogP contribution in [0.1, 0.15) is 53.6 Å². The van der Waals surface area contributed by atoms with Crippen molar-refractivity contribution in [3.63, 3.8) is 0 Å². The predicted octanol–water partition coefficient (Wildman–Crippen LogP) is 2.58. The van der Waals surface area contributed by atoms with Crippen molar-refractivity contribution in [3.8, 4) is 0 Å². The fourth-order valence-electron chi connectivity index (χ4n) is 4.82. The van der Waals surface area contributed by atoms with Crippen LogP contribution in [0.15, 0.2) is 18.2 Å². The third kappa shape index (κ3) is 3.98. The first-order valence-electron chi connectivity index (χ1n) is 10.4. The van der Waals surface area contributed by atoms with Gasteiger partial charge in [0.05, 0.1) is 7.85 Å². The molecule has 2 heterocycles. The van der Waals surface area contributed by atoms with Crippen molar-refractivity contribution in [3.05, 3.63) is 34.9 Å². The molecule has 4 atom stereocenters. The summed E-state index contributed by atoms with van der Waals surface area (Å²) in [5.74, 6) is 2.37. The van der Waals surface area contributed by atoms with Gasteiger partial charge in [-0.15, -0.1) is 0 Å². The second-order valence-corrected chi connectivity index (χ2v) is 8.82. The molecule has 4 nitrogen and oxygen atoms in total. The molecular formula is C22H29BN2O2. The number of hydrogen-bond donors (Lipinski definition) is 1. The van der Waals surface area contributed by atoms with Gasteiger partial charge in [0.2, 0.25) is 5.91 Å². The number of piperidine rings is 1. The number of amides is 1. The molecule has 0 aromatic heterocycles. The highest BCUT2D eigenvalue weighted by Gasteiger charge is 2.43. The van der Waals surface area contributed by atoms with Crippen LogP contribution in [0.4, 0.5) is 0 Å². The largest absolute Gasteiger partial charge is 0.342 e. The maximum Gasteiger partial charge on any atom is 0.222 e. The SMILES string of the molecule is [B]C1C(c2ccc(CC3CN(C(=O)CC4CCCNC4)C3)c(C=O)c2)[C@@H]1C. The number of aldehydes is 1. The fraction of sp³-hybridized carbons (Fsp3) is 0.636. The summed E-state index contributed by atoms with van der Waals surface area (Å²) in [4.78, 5) is 26.0. The van der Waals surface area contributed by atoms with E-state index in [-0.39, 0.29) is 5.82 Å². The lowest BCUT2D eigenvalue weighted by atomic mass is 9.87. The Hall–Kier alpha value is -1.62. The highest BCUT2D eigenvalue weighted by molar-refractivity contribution is 6.15. The molecule has 3 unspecified atom stereocenters. The Morgan fingerprint density at radius 1 is 1.33 bits per heavy atom. The van der Waals surface area contributed by atoms with E-state index in [2.05, 4.69) is 24.4 Å². The van der Waals surface area contributed by atoms with Gasteiger partial charge in [-0.25, -0.2) is 0 Å². The van der Waals surface area contributed by atoms with E-state index in [1.165, 1.54) is 12.0 Å². The number of nitrogens with zero attached hydrogens (tertiary/aromatic N) is 1. The number of rotatable bonds is 6. The molecular weight excluding hydrogens is 335 g/mol. The lowest BCUT2D eigenvalue weighted by Gasteiger charge is -2.40. The van der Waals surface area contributed by atoms with E-state index in [0.29, 0.717) is 36.0 Å². The second-order valence-electron chi connectivity index (χ2n) is 8.82. The summed E-state index contributed by atoms with van der Waals surface area (Å²) in [7, 11) is 6.06. The fourth-order valence-corrected chi connectivity index (χ4v) is 4.82. The number of hydrogen-bond acceptors (Lipinski definition) is 3. The summed E-state index contributed by atoms with van der Waals surface area (Å²) in [5, 5.41) is 3.38. The summed E-state index contributed by atoms with van der Waals surface area (Å²) in [6.45, 7) is 5.86. The van der Waals surface area contributed by atoms with Gasteiger partial charge in [0, 0.05) is 25.1 Å². The van der Waals surface area contributed by atoms with Crippen molar-refractivity contribution in [1.29, 1.82) is 0 Å². The molecule has 1 saturated carbocycles. The van der Waals surface area contributed by atoms with Gasteiger partial charge >= 0.3 is 0 Å². The first-order chi connectivity index (χ1) is 13.1. The maximum absolute atomic E-state index is 12.4. The molecule has 142 valence electrons. The molecule has 4 rings (SSSR count). The van der Waals surface area contributed by atoms with Gasteiger partial charge in [-0.1, -0.05) is 24.9 Å². The molecule has 0 spiro atoms. The molecule has 1 amide bonds. The molecule has 2 radical (unpaired) electrons. The lowest BCUT2D eigenvalue weighted by Crippen LogP contribution is -2.51. The standard InChI is InChI=1S/C22H29BN2O2/c1-14-21(22(14)23)18-5-4-17(19(9-18)13-26)7-16-11-25(12-16)20(27)8-15-3-2-6-24-10-15/h4-5,9,13-16,21-22,24H,2-3,6-8,10-12H2,1H3/t14-,15?,21?,22?/m0/s1. The van der Waals surface area contributed by atoms with Crippen molar-refractivity contribution in [2.24, 2.45) is 17.8 Å². The van der Waals surface area contributed by atoms with Crippen LogP contribution in [0.3, 0.4) is 0 Å². The molecule has 5 heteroatoms. The number of carbonyl (C=O) groups excluding carboxylic acids is 2. The molecule has 1 aromatic rings. The second kappa shape index (κ2) is 7.79. The summed E-state index contributed by atoms with van der Waals surface area (Å²) in [5.41, 5.74) is 3.08. The third-order valence-electron chi connectivity index (χ3n) is 6.81. The molecule has 27 heavy (non-hydrogen) atoms. The Labute approximate surface area is 163 Å². The van der Waals surface area contributed by atoms with Gasteiger partial charge in [0.15, 0.2) is 0 Å². The smallest absolute Gasteiger partial charge is 0.222 e. The van der Waals surface area contributed by atoms with Crippen molar-refractivity contribution >= 4 is 20.0 Å². The highest BCUT2D eigenvalue weighted by atomic mass is 16.2. The Balaban J connectivity index is 1.29. The first kappa shape index (κ1) is 18.7. The first-order valence-corrected chi connectivity index (χ1v) is 10.4. The monoisotopic (exact) mass is 364 g/mol. The van der Waals surface area contributed by atoms with Crippen molar-refractivity contribution in [2.45, 2.75) is 44.3 Å². The van der Waals surface area contributed by atoms with Crippen molar-refractivity contribution in [1.82, 2.24) is 10.2 Å². The van der Waals surface area contributed by atoms with Gasteiger partial charge in [-0.2, -0.15) is 0 Å². The van der Waals surface area contributed by atoms with Crippen molar-refractivity contribution in [2.75, 3.05) is 26.2 Å². The van der Waals surface area contributed by atoms with E-state index >= 15 is 0 Å². The molecule has 0 bridgehead atoms. The molecule has 1 aliphatic carbocycles. The molecule has 1 N–H and O–H groups in total. The van der Waals surface area contributed by atoms with E-state index in [9.17, 15) is 9.59 Å². The summed E-state index contributed by atoms with van der Waals surface area (Å²) in [6.07, 6.45) is 4.85. The van der Waals surface area contributed by atoms with Crippen LogP contribution in [-0.2, 0) is 11.2 Å². The van der Waals surface area contributed by atoms with E-state index in [4.69, 9.17) is 7.85 Å². The van der Waals surface area contributed by atoms with Crippen LogP contribution in [0, 0.1) is 17.8 Å². The minimum absolute atomic E-state index is 0.223. The average Bonchev–Trinajstić information content (AvgIpc) is 3.24. The number of likely N-dealkylation sites (tertiary alicyclic amines) is 1. The van der Waals surface area contributed by atoms with Crippen LogP contribution in [-0.4, -0.2) is 51.1 Å². The topological polar surface area (TPSA) is 49.4 Å². The van der Waals surface area contributed by atoms with E-state index in [1.54, 1.807) is 0 Å². The minimum atomic E-state index is 0.223. The normalized spacial score (nSPS) is 30.6. The van der Waals surface area contributed by atoms with E-state index < -0.39 is 0 Å². The number of nitrogens with one attached hydrogen (secondary N) is 1. The zero-order valence-electron chi connectivity index (χ0n) is 16.2. The van der Waals surface area contributed by atoms with E-state index in [1.807, 2.05) is 11.0 Å². The Bertz CT molecular complexity index is 702. The van der Waals surface area contributed by atoms with Crippen LogP contribution in [0.25, 0.3) is 0 Å². The van der Waals surface area contributed by atoms with Gasteiger partial charge in [-0.3, -0.25) is 9.59 Å². The van der Waals surface area contributed by atoms with E-state index in [0.717, 1.165) is 56.4 Å². The Morgan fingerprint density at radius 3 is 2.74 bits per heavy atom. The van der Waals surface area contributed by atoms with Crippen LogP contribution >= 0.6 is 0 Å². The third-order valence-corrected chi connectivity index (χ3v) is 6.81. The van der Waals surface area contributed by atoms with Gasteiger partial charge < -0.3 is 10.2 Å². The van der Waals surface area contributed by atoms with Crippen LogP contribution in [0.5, 0.6) is 0 Å².